The highest BCUT2D eigenvalue weighted by Gasteiger charge is 2.29. The van der Waals surface area contributed by atoms with Gasteiger partial charge in [-0.1, -0.05) is 12.1 Å². The molecule has 6 heteroatoms. The van der Waals surface area contributed by atoms with E-state index in [2.05, 4.69) is 22.4 Å². The van der Waals surface area contributed by atoms with Gasteiger partial charge in [0.2, 0.25) is 11.7 Å². The largest absolute Gasteiger partial charge is 0.504 e. The number of hydrogen-bond donors (Lipinski definition) is 2. The number of phenols is 1. The number of nitrogens with one attached hydrogen (secondary N) is 1. The number of benzene rings is 1. The van der Waals surface area contributed by atoms with Crippen molar-refractivity contribution in [3.05, 3.63) is 24.1 Å². The van der Waals surface area contributed by atoms with Crippen LogP contribution in [-0.2, 0) is 0 Å². The van der Waals surface area contributed by atoms with Gasteiger partial charge >= 0.3 is 0 Å². The zero-order valence-corrected chi connectivity index (χ0v) is 11.5. The molecule has 1 aliphatic heterocycles. The topological polar surface area (TPSA) is 80.4 Å². The van der Waals surface area contributed by atoms with E-state index in [1.54, 1.807) is 18.2 Å². The number of ether oxygens (including phenoxy) is 1. The number of aromatic hydroxyl groups is 1. The molecule has 1 saturated heterocycles. The number of hydrogen-bond acceptors (Lipinski definition) is 6. The Morgan fingerprint density at radius 3 is 3.00 bits per heavy atom. The molecule has 2 heterocycles. The Morgan fingerprint density at radius 2 is 2.30 bits per heavy atom. The summed E-state index contributed by atoms with van der Waals surface area (Å²) in [5.41, 5.74) is 0.750. The van der Waals surface area contributed by atoms with Gasteiger partial charge in [-0.2, -0.15) is 4.98 Å². The first kappa shape index (κ1) is 12.9. The SMILES string of the molecule is COc1cc(-c2noc(C3NCCC3C)n2)ccc1O. The Bertz CT molecular complexity index is 611. The van der Waals surface area contributed by atoms with Gasteiger partial charge in [-0.15, -0.1) is 0 Å². The monoisotopic (exact) mass is 275 g/mol. The van der Waals surface area contributed by atoms with E-state index in [4.69, 9.17) is 9.26 Å². The van der Waals surface area contributed by atoms with Crippen LogP contribution in [0.15, 0.2) is 22.7 Å². The van der Waals surface area contributed by atoms with Crippen molar-refractivity contribution in [2.24, 2.45) is 5.92 Å². The number of nitrogens with zero attached hydrogens (tertiary/aromatic N) is 2. The molecule has 2 N–H and O–H groups in total. The molecule has 6 nitrogen and oxygen atoms in total. The molecule has 0 bridgehead atoms. The Hall–Kier alpha value is -2.08. The summed E-state index contributed by atoms with van der Waals surface area (Å²) < 4.78 is 10.4. The van der Waals surface area contributed by atoms with E-state index in [1.807, 2.05) is 0 Å². The first-order chi connectivity index (χ1) is 9.69. The van der Waals surface area contributed by atoms with E-state index in [1.165, 1.54) is 7.11 Å². The van der Waals surface area contributed by atoms with Crippen molar-refractivity contribution in [1.82, 2.24) is 15.5 Å². The van der Waals surface area contributed by atoms with Gasteiger partial charge in [0.15, 0.2) is 11.5 Å². The minimum absolute atomic E-state index is 0.0889. The van der Waals surface area contributed by atoms with Gasteiger partial charge in [0.1, 0.15) is 0 Å². The fraction of sp³-hybridized carbons (Fsp3) is 0.429. The van der Waals surface area contributed by atoms with Gasteiger partial charge in [-0.05, 0) is 37.1 Å². The quantitative estimate of drug-likeness (QED) is 0.893. The Morgan fingerprint density at radius 1 is 1.45 bits per heavy atom. The normalized spacial score (nSPS) is 22.1. The van der Waals surface area contributed by atoms with Crippen molar-refractivity contribution in [3.8, 4) is 22.9 Å². The van der Waals surface area contributed by atoms with Crippen LogP contribution in [0, 0.1) is 5.92 Å². The van der Waals surface area contributed by atoms with Gasteiger partial charge in [0.05, 0.1) is 13.2 Å². The molecule has 0 radical (unpaired) electrons. The van der Waals surface area contributed by atoms with Crippen molar-refractivity contribution in [3.63, 3.8) is 0 Å². The molecule has 0 aliphatic carbocycles. The maximum absolute atomic E-state index is 9.60. The van der Waals surface area contributed by atoms with E-state index in [0.717, 1.165) is 18.5 Å². The molecule has 1 aromatic heterocycles. The average Bonchev–Trinajstić information content (AvgIpc) is 3.08. The van der Waals surface area contributed by atoms with Crippen LogP contribution in [0.4, 0.5) is 0 Å². The molecule has 2 unspecified atom stereocenters. The van der Waals surface area contributed by atoms with Crippen LogP contribution >= 0.6 is 0 Å². The smallest absolute Gasteiger partial charge is 0.244 e. The molecular weight excluding hydrogens is 258 g/mol. The van der Waals surface area contributed by atoms with Crippen LogP contribution in [0.3, 0.4) is 0 Å². The van der Waals surface area contributed by atoms with Gasteiger partial charge in [-0.3, -0.25) is 0 Å². The molecule has 0 saturated carbocycles. The second-order valence-electron chi connectivity index (χ2n) is 5.04. The lowest BCUT2D eigenvalue weighted by molar-refractivity contribution is 0.319. The first-order valence-electron chi connectivity index (χ1n) is 6.63. The summed E-state index contributed by atoms with van der Waals surface area (Å²) in [6, 6.07) is 5.10. The van der Waals surface area contributed by atoms with Crippen molar-refractivity contribution in [2.75, 3.05) is 13.7 Å². The van der Waals surface area contributed by atoms with Crippen LogP contribution in [0.1, 0.15) is 25.3 Å². The van der Waals surface area contributed by atoms with Crippen molar-refractivity contribution in [2.45, 2.75) is 19.4 Å². The first-order valence-corrected chi connectivity index (χ1v) is 6.63. The standard InChI is InChI=1S/C14H17N3O3/c1-8-5-6-15-12(8)14-16-13(17-20-14)9-3-4-10(18)11(7-9)19-2/h3-4,7-8,12,15,18H,5-6H2,1-2H3. The predicted octanol–water partition coefficient (Wildman–Crippen LogP) is 2.12. The fourth-order valence-corrected chi connectivity index (χ4v) is 2.46. The third-order valence-electron chi connectivity index (χ3n) is 3.68. The summed E-state index contributed by atoms with van der Waals surface area (Å²) in [6.45, 7) is 3.13. The molecule has 2 aromatic rings. The minimum Gasteiger partial charge on any atom is -0.504 e. The van der Waals surface area contributed by atoms with Gasteiger partial charge in [-0.25, -0.2) is 0 Å². The maximum Gasteiger partial charge on any atom is 0.244 e. The molecule has 106 valence electrons. The third kappa shape index (κ3) is 2.22. The Labute approximate surface area is 116 Å². The van der Waals surface area contributed by atoms with Crippen molar-refractivity contribution in [1.29, 1.82) is 0 Å². The van der Waals surface area contributed by atoms with E-state index < -0.39 is 0 Å². The zero-order valence-electron chi connectivity index (χ0n) is 11.5. The number of methoxy groups -OCH3 is 1. The van der Waals surface area contributed by atoms with Crippen LogP contribution < -0.4 is 10.1 Å². The van der Waals surface area contributed by atoms with Gasteiger partial charge in [0, 0.05) is 5.56 Å². The summed E-state index contributed by atoms with van der Waals surface area (Å²) >= 11 is 0. The van der Waals surface area contributed by atoms with E-state index in [-0.39, 0.29) is 11.8 Å². The minimum atomic E-state index is 0.0889. The van der Waals surface area contributed by atoms with Gasteiger partial charge in [0.25, 0.3) is 0 Å². The molecule has 3 rings (SSSR count). The van der Waals surface area contributed by atoms with Crippen molar-refractivity contribution >= 4 is 0 Å². The molecule has 1 aromatic carbocycles. The van der Waals surface area contributed by atoms with Crippen LogP contribution in [0.5, 0.6) is 11.5 Å². The highest BCUT2D eigenvalue weighted by atomic mass is 16.5. The number of aromatic nitrogens is 2. The number of phenolic OH excluding ortho intramolecular Hbond substituents is 1. The Balaban J connectivity index is 1.90. The van der Waals surface area contributed by atoms with Gasteiger partial charge < -0.3 is 19.7 Å². The summed E-state index contributed by atoms with van der Waals surface area (Å²) in [6.07, 6.45) is 1.11. The summed E-state index contributed by atoms with van der Waals surface area (Å²) in [5.74, 6) is 2.07. The van der Waals surface area contributed by atoms with E-state index in [0.29, 0.717) is 23.4 Å². The summed E-state index contributed by atoms with van der Waals surface area (Å²) in [7, 11) is 1.50. The van der Waals surface area contributed by atoms with E-state index in [9.17, 15) is 5.11 Å². The van der Waals surface area contributed by atoms with Crippen LogP contribution in [0.2, 0.25) is 0 Å². The second kappa shape index (κ2) is 5.13. The van der Waals surface area contributed by atoms with Crippen LogP contribution in [0.25, 0.3) is 11.4 Å². The molecular formula is C14H17N3O3. The lowest BCUT2D eigenvalue weighted by Crippen LogP contribution is -2.16. The Kier molecular flexibility index (Phi) is 3.31. The summed E-state index contributed by atoms with van der Waals surface area (Å²) in [5, 5.41) is 17.0. The van der Waals surface area contributed by atoms with Crippen molar-refractivity contribution < 1.29 is 14.4 Å². The molecule has 20 heavy (non-hydrogen) atoms. The predicted molar refractivity (Wildman–Crippen MR) is 72.5 cm³/mol. The van der Waals surface area contributed by atoms with Crippen LogP contribution in [-0.4, -0.2) is 28.9 Å². The molecule has 1 fully saturated rings. The van der Waals surface area contributed by atoms with E-state index >= 15 is 0 Å². The highest BCUT2D eigenvalue weighted by molar-refractivity contribution is 5.60. The third-order valence-corrected chi connectivity index (χ3v) is 3.68. The lowest BCUT2D eigenvalue weighted by Gasteiger charge is -2.09. The molecule has 1 aliphatic rings. The zero-order chi connectivity index (χ0) is 14.1. The fourth-order valence-electron chi connectivity index (χ4n) is 2.46. The molecule has 0 amide bonds. The summed E-state index contributed by atoms with van der Waals surface area (Å²) in [4.78, 5) is 4.44. The molecule has 2 atom stereocenters. The maximum atomic E-state index is 9.60. The number of rotatable bonds is 3. The highest BCUT2D eigenvalue weighted by Crippen LogP contribution is 2.32. The lowest BCUT2D eigenvalue weighted by atomic mass is 10.0. The molecule has 0 spiro atoms. The average molecular weight is 275 g/mol. The second-order valence-corrected chi connectivity index (χ2v) is 5.04.